The predicted octanol–water partition coefficient (Wildman–Crippen LogP) is 4.74. The van der Waals surface area contributed by atoms with Gasteiger partial charge in [0.05, 0.1) is 7.11 Å². The van der Waals surface area contributed by atoms with Crippen molar-refractivity contribution in [1.82, 2.24) is 15.0 Å². The summed E-state index contributed by atoms with van der Waals surface area (Å²) >= 11 is 0. The Morgan fingerprint density at radius 3 is 2.62 bits per heavy atom. The monoisotopic (exact) mass is 385 g/mol. The number of methoxy groups -OCH3 is 1. The number of hydrogen-bond donors (Lipinski definition) is 2. The molecule has 0 aliphatic carbocycles. The zero-order valence-corrected chi connectivity index (χ0v) is 16.5. The van der Waals surface area contributed by atoms with Crippen LogP contribution >= 0.6 is 0 Å². The first kappa shape index (κ1) is 18.7. The largest absolute Gasteiger partial charge is 0.497 e. The average Bonchev–Trinajstić information content (AvgIpc) is 2.74. The fourth-order valence-corrected chi connectivity index (χ4v) is 3.17. The van der Waals surface area contributed by atoms with E-state index in [1.165, 1.54) is 5.56 Å². The van der Waals surface area contributed by atoms with E-state index in [0.29, 0.717) is 5.95 Å². The van der Waals surface area contributed by atoms with Crippen molar-refractivity contribution in [3.05, 3.63) is 78.1 Å². The number of nitrogens with zero attached hydrogens (tertiary/aromatic N) is 3. The standard InChI is InChI=1S/C23H23N5O/c1-16-15-21(24-13-11-17-7-9-19(29-2)10-8-17)27-23(26-16)28-22-20-6-4-3-5-18(20)12-14-25-22/h3-10,12,14-15H,11,13H2,1-2H3,(H2,24,25,26,27,28). The number of nitrogens with one attached hydrogen (secondary N) is 2. The molecule has 2 N–H and O–H groups in total. The lowest BCUT2D eigenvalue weighted by molar-refractivity contribution is 0.414. The molecule has 2 aromatic heterocycles. The molecule has 0 saturated heterocycles. The molecular formula is C23H23N5O. The van der Waals surface area contributed by atoms with Crippen molar-refractivity contribution >= 4 is 28.4 Å². The van der Waals surface area contributed by atoms with Gasteiger partial charge in [-0.25, -0.2) is 9.97 Å². The lowest BCUT2D eigenvalue weighted by atomic mass is 10.1. The molecule has 29 heavy (non-hydrogen) atoms. The summed E-state index contributed by atoms with van der Waals surface area (Å²) in [6.45, 7) is 2.73. The van der Waals surface area contributed by atoms with Gasteiger partial charge in [0.1, 0.15) is 17.4 Å². The van der Waals surface area contributed by atoms with Gasteiger partial charge in [-0.15, -0.1) is 0 Å². The molecule has 4 aromatic rings. The van der Waals surface area contributed by atoms with E-state index in [9.17, 15) is 0 Å². The molecule has 0 aliphatic heterocycles. The quantitative estimate of drug-likeness (QED) is 0.479. The third-order valence-electron chi connectivity index (χ3n) is 4.64. The first-order valence-electron chi connectivity index (χ1n) is 9.54. The number of hydrogen-bond acceptors (Lipinski definition) is 6. The molecule has 6 nitrogen and oxygen atoms in total. The van der Waals surface area contributed by atoms with Gasteiger partial charge in [0, 0.05) is 29.9 Å². The van der Waals surface area contributed by atoms with Crippen molar-refractivity contribution in [2.24, 2.45) is 0 Å². The normalized spacial score (nSPS) is 10.7. The number of anilines is 3. The molecule has 4 rings (SSSR count). The molecular weight excluding hydrogens is 362 g/mol. The van der Waals surface area contributed by atoms with Crippen LogP contribution in [0.5, 0.6) is 5.75 Å². The summed E-state index contributed by atoms with van der Waals surface area (Å²) in [5.74, 6) is 2.93. The molecule has 0 atom stereocenters. The van der Waals surface area contributed by atoms with E-state index >= 15 is 0 Å². The van der Waals surface area contributed by atoms with Crippen molar-refractivity contribution in [3.63, 3.8) is 0 Å². The van der Waals surface area contributed by atoms with Crippen LogP contribution in [0.2, 0.25) is 0 Å². The summed E-state index contributed by atoms with van der Waals surface area (Å²) in [5, 5.41) is 8.80. The van der Waals surface area contributed by atoms with Crippen molar-refractivity contribution < 1.29 is 4.74 Å². The third kappa shape index (κ3) is 4.60. The zero-order valence-electron chi connectivity index (χ0n) is 16.5. The van der Waals surface area contributed by atoms with Gasteiger partial charge < -0.3 is 15.4 Å². The lowest BCUT2D eigenvalue weighted by Gasteiger charge is -2.11. The molecule has 0 aliphatic rings. The molecule has 0 radical (unpaired) electrons. The number of fused-ring (bicyclic) bond motifs is 1. The van der Waals surface area contributed by atoms with Gasteiger partial charge in [-0.05, 0) is 42.5 Å². The van der Waals surface area contributed by atoms with Crippen LogP contribution in [0.15, 0.2) is 66.9 Å². The number of pyridine rings is 1. The Morgan fingerprint density at radius 2 is 1.79 bits per heavy atom. The minimum absolute atomic E-state index is 0.529. The molecule has 0 amide bonds. The first-order chi connectivity index (χ1) is 14.2. The van der Waals surface area contributed by atoms with Crippen LogP contribution in [0.25, 0.3) is 10.8 Å². The molecule has 0 unspecified atom stereocenters. The van der Waals surface area contributed by atoms with Crippen molar-refractivity contribution in [1.29, 1.82) is 0 Å². The molecule has 6 heteroatoms. The maximum Gasteiger partial charge on any atom is 0.230 e. The van der Waals surface area contributed by atoms with Crippen LogP contribution in [0.4, 0.5) is 17.6 Å². The molecule has 2 aromatic carbocycles. The van der Waals surface area contributed by atoms with Gasteiger partial charge in [0.2, 0.25) is 5.95 Å². The van der Waals surface area contributed by atoms with Gasteiger partial charge in [-0.2, -0.15) is 4.98 Å². The summed E-state index contributed by atoms with van der Waals surface area (Å²) in [7, 11) is 1.67. The number of ether oxygens (including phenoxy) is 1. The van der Waals surface area contributed by atoms with E-state index in [-0.39, 0.29) is 0 Å². The first-order valence-corrected chi connectivity index (χ1v) is 9.54. The van der Waals surface area contributed by atoms with Crippen LogP contribution in [0, 0.1) is 6.92 Å². The summed E-state index contributed by atoms with van der Waals surface area (Å²) in [6.07, 6.45) is 2.68. The molecule has 0 saturated carbocycles. The molecule has 0 spiro atoms. The van der Waals surface area contributed by atoms with E-state index in [0.717, 1.165) is 46.8 Å². The lowest BCUT2D eigenvalue weighted by Crippen LogP contribution is -2.09. The van der Waals surface area contributed by atoms with Crippen LogP contribution < -0.4 is 15.4 Å². The number of aryl methyl sites for hydroxylation is 1. The van der Waals surface area contributed by atoms with E-state index < -0.39 is 0 Å². The number of aromatic nitrogens is 3. The van der Waals surface area contributed by atoms with Crippen LogP contribution in [-0.2, 0) is 6.42 Å². The smallest absolute Gasteiger partial charge is 0.230 e. The Kier molecular flexibility index (Phi) is 5.52. The Bertz CT molecular complexity index is 1110. The Balaban J connectivity index is 1.45. The van der Waals surface area contributed by atoms with Crippen molar-refractivity contribution in [2.75, 3.05) is 24.3 Å². The fourth-order valence-electron chi connectivity index (χ4n) is 3.17. The maximum atomic E-state index is 5.20. The molecule has 2 heterocycles. The van der Waals surface area contributed by atoms with Gasteiger partial charge >= 0.3 is 0 Å². The van der Waals surface area contributed by atoms with Gasteiger partial charge in [-0.3, -0.25) is 0 Å². The van der Waals surface area contributed by atoms with Crippen LogP contribution in [0.1, 0.15) is 11.3 Å². The number of benzene rings is 2. The Hall–Kier alpha value is -3.67. The SMILES string of the molecule is COc1ccc(CCNc2cc(C)nc(Nc3nccc4ccccc34)n2)cc1. The molecule has 0 bridgehead atoms. The highest BCUT2D eigenvalue weighted by molar-refractivity contribution is 5.92. The zero-order chi connectivity index (χ0) is 20.1. The summed E-state index contributed by atoms with van der Waals surface area (Å²) < 4.78 is 5.20. The number of rotatable bonds is 7. The average molecular weight is 385 g/mol. The van der Waals surface area contributed by atoms with Crippen LogP contribution in [0.3, 0.4) is 0 Å². The highest BCUT2D eigenvalue weighted by Crippen LogP contribution is 2.23. The predicted molar refractivity (Wildman–Crippen MR) is 117 cm³/mol. The highest BCUT2D eigenvalue weighted by atomic mass is 16.5. The van der Waals surface area contributed by atoms with Crippen molar-refractivity contribution in [3.8, 4) is 5.75 Å². The van der Waals surface area contributed by atoms with E-state index in [4.69, 9.17) is 4.74 Å². The minimum atomic E-state index is 0.529. The highest BCUT2D eigenvalue weighted by Gasteiger charge is 2.07. The van der Waals surface area contributed by atoms with Gasteiger partial charge in [0.25, 0.3) is 0 Å². The topological polar surface area (TPSA) is 72.0 Å². The maximum absolute atomic E-state index is 5.20. The van der Waals surface area contributed by atoms with Gasteiger partial charge in [0.15, 0.2) is 0 Å². The van der Waals surface area contributed by atoms with E-state index in [2.05, 4.69) is 43.8 Å². The van der Waals surface area contributed by atoms with E-state index in [1.54, 1.807) is 13.3 Å². The second-order valence-electron chi connectivity index (χ2n) is 6.75. The van der Waals surface area contributed by atoms with E-state index in [1.807, 2.05) is 49.4 Å². The minimum Gasteiger partial charge on any atom is -0.497 e. The second-order valence-corrected chi connectivity index (χ2v) is 6.75. The Labute approximate surface area is 170 Å². The molecule has 146 valence electrons. The van der Waals surface area contributed by atoms with Crippen LogP contribution in [-0.4, -0.2) is 28.6 Å². The summed E-state index contributed by atoms with van der Waals surface area (Å²) in [4.78, 5) is 13.6. The van der Waals surface area contributed by atoms with Crippen molar-refractivity contribution in [2.45, 2.75) is 13.3 Å². The molecule has 0 fully saturated rings. The fraction of sp³-hybridized carbons (Fsp3) is 0.174. The second kappa shape index (κ2) is 8.56. The summed E-state index contributed by atoms with van der Waals surface area (Å²) in [5.41, 5.74) is 2.12. The van der Waals surface area contributed by atoms with Gasteiger partial charge in [-0.1, -0.05) is 36.4 Å². The summed E-state index contributed by atoms with van der Waals surface area (Å²) in [6, 6.07) is 20.1. The Morgan fingerprint density at radius 1 is 0.966 bits per heavy atom. The third-order valence-corrected chi connectivity index (χ3v) is 4.64.